The summed E-state index contributed by atoms with van der Waals surface area (Å²) >= 11 is 6.16. The summed E-state index contributed by atoms with van der Waals surface area (Å²) in [4.78, 5) is 4.24. The van der Waals surface area contributed by atoms with Crippen molar-refractivity contribution in [1.29, 1.82) is 0 Å². The summed E-state index contributed by atoms with van der Waals surface area (Å²) in [7, 11) is 0. The first kappa shape index (κ1) is 11.3. The van der Waals surface area contributed by atoms with E-state index in [0.29, 0.717) is 0 Å². The Bertz CT molecular complexity index is 488. The molecule has 0 bridgehead atoms. The molecular formula is C12H16ClN3. The monoisotopic (exact) mass is 237 g/mol. The predicted octanol–water partition coefficient (Wildman–Crippen LogP) is 3.15. The Hall–Kier alpha value is -1.22. The van der Waals surface area contributed by atoms with Gasteiger partial charge in [0.2, 0.25) is 0 Å². The lowest BCUT2D eigenvalue weighted by atomic mass is 10.0. The van der Waals surface area contributed by atoms with Crippen LogP contribution in [-0.2, 0) is 0 Å². The van der Waals surface area contributed by atoms with Crippen LogP contribution in [0.15, 0.2) is 30.6 Å². The van der Waals surface area contributed by atoms with Crippen molar-refractivity contribution in [3.8, 4) is 0 Å². The van der Waals surface area contributed by atoms with Crippen molar-refractivity contribution in [3.63, 3.8) is 0 Å². The topological polar surface area (TPSA) is 29.3 Å². The van der Waals surface area contributed by atoms with Crippen molar-refractivity contribution < 1.29 is 0 Å². The molecule has 2 aromatic heterocycles. The zero-order chi connectivity index (χ0) is 11.8. The van der Waals surface area contributed by atoms with Gasteiger partial charge in [0, 0.05) is 17.9 Å². The van der Waals surface area contributed by atoms with Gasteiger partial charge in [-0.05, 0) is 32.9 Å². The largest absolute Gasteiger partial charge is 0.365 e. The number of hydrogen-bond acceptors (Lipinski definition) is 2. The molecule has 0 aromatic carbocycles. The highest BCUT2D eigenvalue weighted by Crippen LogP contribution is 2.22. The summed E-state index contributed by atoms with van der Waals surface area (Å²) in [6, 6.07) is 5.98. The van der Waals surface area contributed by atoms with Crippen LogP contribution in [0.1, 0.15) is 20.8 Å². The quantitative estimate of drug-likeness (QED) is 0.831. The summed E-state index contributed by atoms with van der Waals surface area (Å²) in [5.74, 6) is 1.01. The smallest absolute Gasteiger partial charge is 0.138 e. The number of rotatable bonds is 3. The fourth-order valence-corrected chi connectivity index (χ4v) is 1.53. The standard InChI is InChI=1S/C12H16ClN3/c1-9(13)12(2,3)15-11-6-4-5-10-14-7-8-16(10)11/h4-9,15H,1-3H3. The number of fused-ring (bicyclic) bond motifs is 1. The molecule has 0 saturated carbocycles. The van der Waals surface area contributed by atoms with E-state index in [1.165, 1.54) is 0 Å². The van der Waals surface area contributed by atoms with Crippen LogP contribution in [0.5, 0.6) is 0 Å². The highest BCUT2D eigenvalue weighted by Gasteiger charge is 2.24. The minimum atomic E-state index is -0.167. The van der Waals surface area contributed by atoms with E-state index in [9.17, 15) is 0 Å². The maximum absolute atomic E-state index is 6.16. The van der Waals surface area contributed by atoms with E-state index in [0.717, 1.165) is 11.5 Å². The normalized spacial score (nSPS) is 14.0. The van der Waals surface area contributed by atoms with E-state index in [1.807, 2.05) is 35.7 Å². The van der Waals surface area contributed by atoms with Gasteiger partial charge in [-0.25, -0.2) is 4.98 Å². The van der Waals surface area contributed by atoms with Crippen molar-refractivity contribution in [2.75, 3.05) is 5.32 Å². The molecule has 2 aromatic rings. The third kappa shape index (κ3) is 2.00. The lowest BCUT2D eigenvalue weighted by Crippen LogP contribution is -2.39. The van der Waals surface area contributed by atoms with Gasteiger partial charge in [0.1, 0.15) is 11.5 Å². The molecule has 1 N–H and O–H groups in total. The molecule has 4 heteroatoms. The van der Waals surface area contributed by atoms with Gasteiger partial charge in [-0.3, -0.25) is 4.40 Å². The maximum Gasteiger partial charge on any atom is 0.138 e. The minimum absolute atomic E-state index is 0.0336. The zero-order valence-electron chi connectivity index (χ0n) is 9.74. The van der Waals surface area contributed by atoms with Gasteiger partial charge in [-0.15, -0.1) is 11.6 Å². The third-order valence-electron chi connectivity index (χ3n) is 2.87. The number of anilines is 1. The number of pyridine rings is 1. The zero-order valence-corrected chi connectivity index (χ0v) is 10.5. The Morgan fingerprint density at radius 3 is 2.88 bits per heavy atom. The second kappa shape index (κ2) is 3.98. The van der Waals surface area contributed by atoms with Crippen LogP contribution >= 0.6 is 11.6 Å². The molecule has 2 heterocycles. The van der Waals surface area contributed by atoms with E-state index >= 15 is 0 Å². The van der Waals surface area contributed by atoms with E-state index in [4.69, 9.17) is 11.6 Å². The number of nitrogens with zero attached hydrogens (tertiary/aromatic N) is 2. The van der Waals surface area contributed by atoms with Gasteiger partial charge in [0.05, 0.1) is 5.38 Å². The fraction of sp³-hybridized carbons (Fsp3) is 0.417. The average molecular weight is 238 g/mol. The van der Waals surface area contributed by atoms with Crippen LogP contribution in [0.25, 0.3) is 5.65 Å². The van der Waals surface area contributed by atoms with Crippen LogP contribution in [0.3, 0.4) is 0 Å². The molecule has 0 fully saturated rings. The summed E-state index contributed by atoms with van der Waals surface area (Å²) < 4.78 is 2.01. The molecule has 0 aliphatic rings. The summed E-state index contributed by atoms with van der Waals surface area (Å²) in [5.41, 5.74) is 0.767. The van der Waals surface area contributed by atoms with E-state index in [1.54, 1.807) is 6.20 Å². The highest BCUT2D eigenvalue weighted by atomic mass is 35.5. The molecular weight excluding hydrogens is 222 g/mol. The Kier molecular flexibility index (Phi) is 2.80. The van der Waals surface area contributed by atoms with Crippen molar-refractivity contribution in [2.24, 2.45) is 0 Å². The first-order valence-electron chi connectivity index (χ1n) is 5.35. The number of imidazole rings is 1. The SMILES string of the molecule is CC(Cl)C(C)(C)Nc1cccc2nccn12. The van der Waals surface area contributed by atoms with Crippen molar-refractivity contribution in [3.05, 3.63) is 30.6 Å². The molecule has 0 spiro atoms. The maximum atomic E-state index is 6.16. The Labute approximate surface area is 100 Å². The molecule has 2 rings (SSSR count). The number of alkyl halides is 1. The highest BCUT2D eigenvalue weighted by molar-refractivity contribution is 6.21. The van der Waals surface area contributed by atoms with Crippen molar-refractivity contribution in [2.45, 2.75) is 31.7 Å². The van der Waals surface area contributed by atoms with Gasteiger partial charge in [0.15, 0.2) is 0 Å². The first-order valence-corrected chi connectivity index (χ1v) is 5.79. The van der Waals surface area contributed by atoms with E-state index < -0.39 is 0 Å². The fourth-order valence-electron chi connectivity index (χ4n) is 1.48. The van der Waals surface area contributed by atoms with Gasteiger partial charge >= 0.3 is 0 Å². The van der Waals surface area contributed by atoms with Crippen molar-refractivity contribution in [1.82, 2.24) is 9.38 Å². The first-order chi connectivity index (χ1) is 7.50. The van der Waals surface area contributed by atoms with Gasteiger partial charge in [-0.1, -0.05) is 6.07 Å². The van der Waals surface area contributed by atoms with Crippen LogP contribution in [0, 0.1) is 0 Å². The molecule has 1 unspecified atom stereocenters. The summed E-state index contributed by atoms with van der Waals surface area (Å²) in [6.45, 7) is 6.16. The Balaban J connectivity index is 2.37. The van der Waals surface area contributed by atoms with Crippen LogP contribution in [-0.4, -0.2) is 20.3 Å². The number of hydrogen-bond donors (Lipinski definition) is 1. The summed E-state index contributed by atoms with van der Waals surface area (Å²) in [6.07, 6.45) is 3.73. The van der Waals surface area contributed by atoms with Gasteiger partial charge in [-0.2, -0.15) is 0 Å². The van der Waals surface area contributed by atoms with Gasteiger partial charge < -0.3 is 5.32 Å². The average Bonchev–Trinajstić information content (AvgIpc) is 2.65. The lowest BCUT2D eigenvalue weighted by Gasteiger charge is -2.30. The molecule has 1 atom stereocenters. The summed E-state index contributed by atoms with van der Waals surface area (Å²) in [5, 5.41) is 3.47. The molecule has 86 valence electrons. The van der Waals surface area contributed by atoms with E-state index in [2.05, 4.69) is 24.1 Å². The number of nitrogens with one attached hydrogen (secondary N) is 1. The Morgan fingerprint density at radius 1 is 1.44 bits per heavy atom. The molecule has 16 heavy (non-hydrogen) atoms. The second-order valence-electron chi connectivity index (χ2n) is 4.53. The van der Waals surface area contributed by atoms with Crippen LogP contribution < -0.4 is 5.32 Å². The van der Waals surface area contributed by atoms with Crippen LogP contribution in [0.2, 0.25) is 0 Å². The van der Waals surface area contributed by atoms with Crippen molar-refractivity contribution >= 4 is 23.1 Å². The molecule has 0 radical (unpaired) electrons. The molecule has 0 aliphatic heterocycles. The minimum Gasteiger partial charge on any atom is -0.365 e. The predicted molar refractivity (Wildman–Crippen MR) is 68.2 cm³/mol. The Morgan fingerprint density at radius 2 is 2.19 bits per heavy atom. The van der Waals surface area contributed by atoms with E-state index in [-0.39, 0.29) is 10.9 Å². The second-order valence-corrected chi connectivity index (χ2v) is 5.18. The number of halogens is 1. The third-order valence-corrected chi connectivity index (χ3v) is 3.42. The molecule has 0 amide bonds. The lowest BCUT2D eigenvalue weighted by molar-refractivity contribution is 0.551. The molecule has 0 saturated heterocycles. The number of aromatic nitrogens is 2. The van der Waals surface area contributed by atoms with Gasteiger partial charge in [0.25, 0.3) is 0 Å². The molecule has 3 nitrogen and oxygen atoms in total. The molecule has 0 aliphatic carbocycles. The van der Waals surface area contributed by atoms with Crippen LogP contribution in [0.4, 0.5) is 5.82 Å².